The maximum atomic E-state index is 11.7. The molecular formula is C18H18N2O3S. The van der Waals surface area contributed by atoms with E-state index < -0.39 is 0 Å². The summed E-state index contributed by atoms with van der Waals surface area (Å²) in [6.07, 6.45) is 0. The van der Waals surface area contributed by atoms with E-state index in [2.05, 4.69) is 10.6 Å². The van der Waals surface area contributed by atoms with E-state index in [0.29, 0.717) is 34.2 Å². The highest BCUT2D eigenvalue weighted by Gasteiger charge is 2.08. The van der Waals surface area contributed by atoms with Crippen LogP contribution >= 0.6 is 12.2 Å². The Bertz CT molecular complexity index is 774. The summed E-state index contributed by atoms with van der Waals surface area (Å²) >= 11 is 5.26. The SMILES string of the molecule is CCOC(=O)c1cccc(NC(=S)Nc2cccc(C(C)=O)c2)c1. The van der Waals surface area contributed by atoms with Crippen molar-refractivity contribution < 1.29 is 14.3 Å². The van der Waals surface area contributed by atoms with E-state index in [9.17, 15) is 9.59 Å². The molecule has 2 aromatic rings. The zero-order valence-electron chi connectivity index (χ0n) is 13.5. The molecule has 2 N–H and O–H groups in total. The van der Waals surface area contributed by atoms with Gasteiger partial charge in [0.05, 0.1) is 12.2 Å². The highest BCUT2D eigenvalue weighted by molar-refractivity contribution is 7.80. The lowest BCUT2D eigenvalue weighted by Gasteiger charge is -2.12. The molecule has 0 aromatic heterocycles. The number of ether oxygens (including phenoxy) is 1. The molecule has 2 aromatic carbocycles. The van der Waals surface area contributed by atoms with E-state index in [1.54, 1.807) is 49.4 Å². The number of nitrogens with one attached hydrogen (secondary N) is 2. The molecule has 0 saturated heterocycles. The Kier molecular flexibility index (Phi) is 6.03. The normalized spacial score (nSPS) is 9.92. The Labute approximate surface area is 146 Å². The molecule has 0 bridgehead atoms. The number of thiocarbonyl (C=S) groups is 1. The number of hydrogen-bond acceptors (Lipinski definition) is 4. The Balaban J connectivity index is 2.05. The zero-order valence-corrected chi connectivity index (χ0v) is 14.3. The molecule has 24 heavy (non-hydrogen) atoms. The molecule has 2 rings (SSSR count). The second-order valence-corrected chi connectivity index (χ2v) is 5.43. The van der Waals surface area contributed by atoms with E-state index >= 15 is 0 Å². The molecule has 0 atom stereocenters. The Hall–Kier alpha value is -2.73. The van der Waals surface area contributed by atoms with Crippen LogP contribution < -0.4 is 10.6 Å². The van der Waals surface area contributed by atoms with Crippen molar-refractivity contribution in [3.8, 4) is 0 Å². The van der Waals surface area contributed by atoms with Crippen LogP contribution in [0, 0.1) is 0 Å². The standard InChI is InChI=1S/C18H18N2O3S/c1-3-23-17(22)14-7-5-9-16(11-14)20-18(24)19-15-8-4-6-13(10-15)12(2)21/h4-11H,3H2,1-2H3,(H2,19,20,24). The third-order valence-electron chi connectivity index (χ3n) is 3.16. The summed E-state index contributed by atoms with van der Waals surface area (Å²) in [7, 11) is 0. The molecule has 0 aliphatic carbocycles. The van der Waals surface area contributed by atoms with Gasteiger partial charge < -0.3 is 15.4 Å². The monoisotopic (exact) mass is 342 g/mol. The minimum absolute atomic E-state index is 0.0142. The van der Waals surface area contributed by atoms with Gasteiger partial charge in [0.15, 0.2) is 10.9 Å². The van der Waals surface area contributed by atoms with Crippen LogP contribution in [0.5, 0.6) is 0 Å². The fourth-order valence-corrected chi connectivity index (χ4v) is 2.28. The van der Waals surface area contributed by atoms with Crippen LogP contribution in [-0.4, -0.2) is 23.5 Å². The molecule has 0 radical (unpaired) electrons. The lowest BCUT2D eigenvalue weighted by atomic mass is 10.1. The molecule has 0 heterocycles. The molecule has 5 nitrogen and oxygen atoms in total. The van der Waals surface area contributed by atoms with E-state index in [0.717, 1.165) is 0 Å². The van der Waals surface area contributed by atoms with Gasteiger partial charge in [0.25, 0.3) is 0 Å². The van der Waals surface area contributed by atoms with Crippen molar-refractivity contribution >= 4 is 40.5 Å². The van der Waals surface area contributed by atoms with Gasteiger partial charge in [-0.25, -0.2) is 4.79 Å². The summed E-state index contributed by atoms with van der Waals surface area (Å²) in [5.41, 5.74) is 2.43. The summed E-state index contributed by atoms with van der Waals surface area (Å²) in [6, 6.07) is 13.9. The third kappa shape index (κ3) is 4.89. The Morgan fingerprint density at radius 1 is 1.00 bits per heavy atom. The zero-order chi connectivity index (χ0) is 17.5. The minimum atomic E-state index is -0.380. The third-order valence-corrected chi connectivity index (χ3v) is 3.36. The molecule has 0 unspecified atom stereocenters. The van der Waals surface area contributed by atoms with Gasteiger partial charge in [0.2, 0.25) is 0 Å². The van der Waals surface area contributed by atoms with Crippen LogP contribution in [0.15, 0.2) is 48.5 Å². The van der Waals surface area contributed by atoms with Crippen LogP contribution in [0.4, 0.5) is 11.4 Å². The van der Waals surface area contributed by atoms with Gasteiger partial charge in [-0.1, -0.05) is 18.2 Å². The highest BCUT2D eigenvalue weighted by Crippen LogP contribution is 2.14. The largest absolute Gasteiger partial charge is 0.462 e. The molecule has 0 aliphatic rings. The van der Waals surface area contributed by atoms with Gasteiger partial charge in [0.1, 0.15) is 0 Å². The van der Waals surface area contributed by atoms with E-state index in [1.165, 1.54) is 6.92 Å². The number of anilines is 2. The first-order chi connectivity index (χ1) is 11.5. The Morgan fingerprint density at radius 3 is 2.08 bits per heavy atom. The number of carbonyl (C=O) groups is 2. The number of benzene rings is 2. The maximum absolute atomic E-state index is 11.7. The summed E-state index contributed by atoms with van der Waals surface area (Å²) in [5, 5.41) is 6.37. The molecule has 0 amide bonds. The molecular weight excluding hydrogens is 324 g/mol. The highest BCUT2D eigenvalue weighted by atomic mass is 32.1. The van der Waals surface area contributed by atoms with E-state index in [1.807, 2.05) is 6.07 Å². The predicted molar refractivity (Wildman–Crippen MR) is 98.7 cm³/mol. The first-order valence-electron chi connectivity index (χ1n) is 7.46. The topological polar surface area (TPSA) is 67.4 Å². The average Bonchev–Trinajstić information content (AvgIpc) is 2.55. The van der Waals surface area contributed by atoms with Crippen molar-refractivity contribution in [3.05, 3.63) is 59.7 Å². The summed E-state index contributed by atoms with van der Waals surface area (Å²) in [6.45, 7) is 3.59. The average molecular weight is 342 g/mol. The molecule has 0 aliphatic heterocycles. The minimum Gasteiger partial charge on any atom is -0.462 e. The number of ketones is 1. The molecule has 0 saturated carbocycles. The van der Waals surface area contributed by atoms with E-state index in [-0.39, 0.29) is 11.8 Å². The second-order valence-electron chi connectivity index (χ2n) is 5.02. The lowest BCUT2D eigenvalue weighted by molar-refractivity contribution is 0.0526. The fourth-order valence-electron chi connectivity index (χ4n) is 2.05. The smallest absolute Gasteiger partial charge is 0.338 e. The van der Waals surface area contributed by atoms with Gasteiger partial charge in [-0.3, -0.25) is 4.79 Å². The van der Waals surface area contributed by atoms with Gasteiger partial charge in [-0.15, -0.1) is 0 Å². The molecule has 124 valence electrons. The summed E-state index contributed by atoms with van der Waals surface area (Å²) < 4.78 is 4.97. The maximum Gasteiger partial charge on any atom is 0.338 e. The van der Waals surface area contributed by atoms with Crippen molar-refractivity contribution in [1.82, 2.24) is 0 Å². The van der Waals surface area contributed by atoms with Crippen LogP contribution in [-0.2, 0) is 4.74 Å². The van der Waals surface area contributed by atoms with Crippen molar-refractivity contribution in [2.75, 3.05) is 17.2 Å². The van der Waals surface area contributed by atoms with Crippen LogP contribution in [0.3, 0.4) is 0 Å². The number of rotatable bonds is 5. The molecule has 0 fully saturated rings. The summed E-state index contributed by atoms with van der Waals surface area (Å²) in [5.74, 6) is -0.395. The van der Waals surface area contributed by atoms with Crippen molar-refractivity contribution in [3.63, 3.8) is 0 Å². The lowest BCUT2D eigenvalue weighted by Crippen LogP contribution is -2.19. The predicted octanol–water partition coefficient (Wildman–Crippen LogP) is 3.87. The second kappa shape index (κ2) is 8.21. The van der Waals surface area contributed by atoms with Crippen LogP contribution in [0.25, 0.3) is 0 Å². The number of esters is 1. The Morgan fingerprint density at radius 2 is 1.54 bits per heavy atom. The first kappa shape index (κ1) is 17.6. The van der Waals surface area contributed by atoms with Gasteiger partial charge >= 0.3 is 5.97 Å². The van der Waals surface area contributed by atoms with Gasteiger partial charge in [0, 0.05) is 16.9 Å². The van der Waals surface area contributed by atoms with E-state index in [4.69, 9.17) is 17.0 Å². The molecule has 0 spiro atoms. The van der Waals surface area contributed by atoms with Gasteiger partial charge in [-0.2, -0.15) is 0 Å². The van der Waals surface area contributed by atoms with Crippen LogP contribution in [0.1, 0.15) is 34.6 Å². The van der Waals surface area contributed by atoms with Crippen LogP contribution in [0.2, 0.25) is 0 Å². The number of carbonyl (C=O) groups excluding carboxylic acids is 2. The quantitative estimate of drug-likeness (QED) is 0.488. The number of Topliss-reactive ketones (excluding diaryl/α,β-unsaturated/α-hetero) is 1. The van der Waals surface area contributed by atoms with Crippen molar-refractivity contribution in [1.29, 1.82) is 0 Å². The van der Waals surface area contributed by atoms with Crippen molar-refractivity contribution in [2.24, 2.45) is 0 Å². The fraction of sp³-hybridized carbons (Fsp3) is 0.167. The van der Waals surface area contributed by atoms with Crippen molar-refractivity contribution in [2.45, 2.75) is 13.8 Å². The molecule has 6 heteroatoms. The summed E-state index contributed by atoms with van der Waals surface area (Å²) in [4.78, 5) is 23.2. The van der Waals surface area contributed by atoms with Gasteiger partial charge in [-0.05, 0) is 56.4 Å². The number of hydrogen-bond donors (Lipinski definition) is 2. The first-order valence-corrected chi connectivity index (χ1v) is 7.86.